The summed E-state index contributed by atoms with van der Waals surface area (Å²) in [6.07, 6.45) is -2.48. The van der Waals surface area contributed by atoms with Crippen LogP contribution in [-0.4, -0.2) is 41.1 Å². The monoisotopic (exact) mass is 240 g/mol. The summed E-state index contributed by atoms with van der Waals surface area (Å²) in [7, 11) is 1.28. The highest BCUT2D eigenvalue weighted by molar-refractivity contribution is 5.72. The lowest BCUT2D eigenvalue weighted by molar-refractivity contribution is -0.139. The van der Waals surface area contributed by atoms with E-state index in [1.807, 2.05) is 0 Å². The number of carbonyl (C=O) groups excluding carboxylic acids is 1. The second-order valence-corrected chi connectivity index (χ2v) is 3.65. The van der Waals surface area contributed by atoms with Crippen molar-refractivity contribution < 1.29 is 24.9 Å². The van der Waals surface area contributed by atoms with Crippen molar-refractivity contribution in [1.82, 2.24) is 0 Å². The lowest BCUT2D eigenvalue weighted by Crippen LogP contribution is -2.23. The second kappa shape index (κ2) is 6.34. The molecular formula is C12H16O5. The Morgan fingerprint density at radius 3 is 2.59 bits per heavy atom. The molecule has 0 aromatic heterocycles. The molecule has 0 bridgehead atoms. The van der Waals surface area contributed by atoms with Gasteiger partial charge in [0.05, 0.1) is 20.1 Å². The topological polar surface area (TPSA) is 87.0 Å². The van der Waals surface area contributed by atoms with Gasteiger partial charge in [0.2, 0.25) is 0 Å². The molecule has 0 fully saturated rings. The number of ether oxygens (including phenoxy) is 1. The fourth-order valence-electron chi connectivity index (χ4n) is 1.52. The number of rotatable bonds is 5. The van der Waals surface area contributed by atoms with Crippen molar-refractivity contribution in [3.63, 3.8) is 0 Å². The molecule has 1 aromatic rings. The summed E-state index contributed by atoms with van der Waals surface area (Å²) >= 11 is 0. The van der Waals surface area contributed by atoms with Crippen molar-refractivity contribution >= 4 is 5.97 Å². The van der Waals surface area contributed by atoms with Gasteiger partial charge >= 0.3 is 5.97 Å². The Kier molecular flexibility index (Phi) is 5.09. The van der Waals surface area contributed by atoms with E-state index in [1.54, 1.807) is 24.3 Å². The molecular weight excluding hydrogens is 224 g/mol. The van der Waals surface area contributed by atoms with Crippen molar-refractivity contribution in [2.24, 2.45) is 0 Å². The summed E-state index contributed by atoms with van der Waals surface area (Å²) in [4.78, 5) is 11.2. The summed E-state index contributed by atoms with van der Waals surface area (Å²) in [6.45, 7) is -0.548. The lowest BCUT2D eigenvalue weighted by Gasteiger charge is -2.18. The van der Waals surface area contributed by atoms with E-state index in [0.29, 0.717) is 11.1 Å². The molecule has 0 aliphatic heterocycles. The van der Waals surface area contributed by atoms with Gasteiger partial charge in [-0.05, 0) is 11.1 Å². The van der Waals surface area contributed by atoms with Crippen molar-refractivity contribution in [3.05, 3.63) is 35.4 Å². The summed E-state index contributed by atoms with van der Waals surface area (Å²) in [5.41, 5.74) is 0.985. The first-order valence-corrected chi connectivity index (χ1v) is 5.21. The molecule has 5 heteroatoms. The van der Waals surface area contributed by atoms with Crippen molar-refractivity contribution in [2.75, 3.05) is 13.7 Å². The highest BCUT2D eigenvalue weighted by atomic mass is 16.5. The first-order chi connectivity index (χ1) is 8.10. The molecule has 0 saturated carbocycles. The minimum absolute atomic E-state index is 0.0158. The normalized spacial score (nSPS) is 14.1. The van der Waals surface area contributed by atoms with Crippen LogP contribution in [-0.2, 0) is 16.0 Å². The summed E-state index contributed by atoms with van der Waals surface area (Å²) in [6, 6.07) is 6.67. The van der Waals surface area contributed by atoms with Gasteiger partial charge in [0.25, 0.3) is 0 Å². The fourth-order valence-corrected chi connectivity index (χ4v) is 1.52. The van der Waals surface area contributed by atoms with Crippen LogP contribution < -0.4 is 0 Å². The zero-order chi connectivity index (χ0) is 12.8. The van der Waals surface area contributed by atoms with Crippen LogP contribution in [0.15, 0.2) is 24.3 Å². The standard InChI is InChI=1S/C12H16O5/c1-17-11(15)6-8-4-2-3-5-9(8)12(16)10(14)7-13/h2-5,10,12-14,16H,6-7H2,1H3. The Hall–Kier alpha value is -1.43. The first kappa shape index (κ1) is 13.6. The van der Waals surface area contributed by atoms with Crippen LogP contribution in [0.2, 0.25) is 0 Å². The SMILES string of the molecule is COC(=O)Cc1ccccc1C(O)C(O)CO. The zero-order valence-electron chi connectivity index (χ0n) is 9.54. The fraction of sp³-hybridized carbons (Fsp3) is 0.417. The molecule has 0 aliphatic carbocycles. The van der Waals surface area contributed by atoms with Crippen molar-refractivity contribution in [3.8, 4) is 0 Å². The van der Waals surface area contributed by atoms with Gasteiger partial charge in [-0.3, -0.25) is 4.79 Å². The third kappa shape index (κ3) is 3.52. The number of esters is 1. The largest absolute Gasteiger partial charge is 0.469 e. The molecule has 0 amide bonds. The second-order valence-electron chi connectivity index (χ2n) is 3.65. The zero-order valence-corrected chi connectivity index (χ0v) is 9.54. The molecule has 5 nitrogen and oxygen atoms in total. The Morgan fingerprint density at radius 2 is 2.00 bits per heavy atom. The van der Waals surface area contributed by atoms with Crippen molar-refractivity contribution in [1.29, 1.82) is 0 Å². The number of hydrogen-bond acceptors (Lipinski definition) is 5. The number of carbonyl (C=O) groups is 1. The minimum atomic E-state index is -1.27. The molecule has 0 aliphatic rings. The molecule has 2 unspecified atom stereocenters. The summed E-state index contributed by atoms with van der Waals surface area (Å²) in [5, 5.41) is 28.0. The number of methoxy groups -OCH3 is 1. The average Bonchev–Trinajstić information content (AvgIpc) is 2.37. The van der Waals surface area contributed by atoms with Gasteiger partial charge in [0.1, 0.15) is 12.2 Å². The van der Waals surface area contributed by atoms with Gasteiger partial charge in [-0.1, -0.05) is 24.3 Å². The third-order valence-electron chi connectivity index (χ3n) is 2.49. The lowest BCUT2D eigenvalue weighted by atomic mass is 9.97. The highest BCUT2D eigenvalue weighted by Gasteiger charge is 2.21. The smallest absolute Gasteiger partial charge is 0.309 e. The van der Waals surface area contributed by atoms with Crippen LogP contribution in [0.25, 0.3) is 0 Å². The van der Waals surface area contributed by atoms with Gasteiger partial charge in [-0.25, -0.2) is 0 Å². The molecule has 0 spiro atoms. The molecule has 1 rings (SSSR count). The Balaban J connectivity index is 2.94. The van der Waals surface area contributed by atoms with Gasteiger partial charge in [-0.15, -0.1) is 0 Å². The molecule has 17 heavy (non-hydrogen) atoms. The highest BCUT2D eigenvalue weighted by Crippen LogP contribution is 2.21. The van der Waals surface area contributed by atoms with E-state index in [-0.39, 0.29) is 6.42 Å². The molecule has 0 radical (unpaired) electrons. The van der Waals surface area contributed by atoms with Gasteiger partial charge < -0.3 is 20.1 Å². The van der Waals surface area contributed by atoms with Crippen LogP contribution in [0.1, 0.15) is 17.2 Å². The van der Waals surface area contributed by atoms with Crippen LogP contribution in [0.5, 0.6) is 0 Å². The van der Waals surface area contributed by atoms with Gasteiger partial charge in [0.15, 0.2) is 0 Å². The van der Waals surface area contributed by atoms with Crippen LogP contribution >= 0.6 is 0 Å². The van der Waals surface area contributed by atoms with Gasteiger partial charge in [0, 0.05) is 0 Å². The van der Waals surface area contributed by atoms with E-state index in [4.69, 9.17) is 5.11 Å². The molecule has 0 heterocycles. The molecule has 2 atom stereocenters. The Labute approximate surface area is 99.3 Å². The van der Waals surface area contributed by atoms with Crippen LogP contribution in [0.3, 0.4) is 0 Å². The van der Waals surface area contributed by atoms with E-state index in [0.717, 1.165) is 0 Å². The summed E-state index contributed by atoms with van der Waals surface area (Å²) < 4.78 is 4.54. The maximum Gasteiger partial charge on any atom is 0.309 e. The average molecular weight is 240 g/mol. The molecule has 1 aromatic carbocycles. The Bertz CT molecular complexity index is 377. The molecule has 0 saturated heterocycles. The molecule has 3 N–H and O–H groups in total. The first-order valence-electron chi connectivity index (χ1n) is 5.21. The van der Waals surface area contributed by atoms with E-state index < -0.39 is 24.8 Å². The predicted molar refractivity (Wildman–Crippen MR) is 60.2 cm³/mol. The predicted octanol–water partition coefficient (Wildman–Crippen LogP) is -0.211. The van der Waals surface area contributed by atoms with Crippen molar-refractivity contribution in [2.45, 2.75) is 18.6 Å². The number of hydrogen-bond donors (Lipinski definition) is 3. The number of benzene rings is 1. The third-order valence-corrected chi connectivity index (χ3v) is 2.49. The van der Waals surface area contributed by atoms with Crippen LogP contribution in [0.4, 0.5) is 0 Å². The van der Waals surface area contributed by atoms with Gasteiger partial charge in [-0.2, -0.15) is 0 Å². The molecule has 94 valence electrons. The summed E-state index contributed by atoms with van der Waals surface area (Å²) in [5.74, 6) is -0.428. The maximum atomic E-state index is 11.2. The van der Waals surface area contributed by atoms with E-state index in [1.165, 1.54) is 7.11 Å². The number of aliphatic hydroxyl groups is 3. The number of aliphatic hydroxyl groups excluding tert-OH is 3. The Morgan fingerprint density at radius 1 is 1.35 bits per heavy atom. The van der Waals surface area contributed by atoms with Crippen LogP contribution in [0, 0.1) is 0 Å². The van der Waals surface area contributed by atoms with E-state index in [9.17, 15) is 15.0 Å². The quantitative estimate of drug-likeness (QED) is 0.620. The van der Waals surface area contributed by atoms with E-state index in [2.05, 4.69) is 4.74 Å². The maximum absolute atomic E-state index is 11.2. The van der Waals surface area contributed by atoms with E-state index >= 15 is 0 Å². The minimum Gasteiger partial charge on any atom is -0.469 e.